The lowest BCUT2D eigenvalue weighted by atomic mass is 10.0. The number of fused-ring (bicyclic) bond motifs is 1. The van der Waals surface area contributed by atoms with E-state index in [0.717, 1.165) is 6.54 Å². The standard InChI is InChI=1S/C9H11N.N2/c1-2-6-9-8(4-1)5-3-7-10-9;1-2/h1-2,4,6,10H,3,5,7H2;. The maximum atomic E-state index is 6.00. The second-order valence-corrected chi connectivity index (χ2v) is 2.69. The minimum absolute atomic E-state index is 1.14. The third-order valence-electron chi connectivity index (χ3n) is 1.96. The van der Waals surface area contributed by atoms with E-state index in [2.05, 4.69) is 29.6 Å². The van der Waals surface area contributed by atoms with Crippen LogP contribution in [-0.2, 0) is 6.42 Å². The van der Waals surface area contributed by atoms with Gasteiger partial charge in [0, 0.05) is 23.0 Å². The van der Waals surface area contributed by atoms with Gasteiger partial charge in [0.25, 0.3) is 0 Å². The highest BCUT2D eigenvalue weighted by Gasteiger charge is 2.04. The molecule has 1 N–H and O–H groups in total. The summed E-state index contributed by atoms with van der Waals surface area (Å²) >= 11 is 0. The molecule has 1 aliphatic heterocycles. The van der Waals surface area contributed by atoms with E-state index in [1.807, 2.05) is 0 Å². The molecule has 3 nitrogen and oxygen atoms in total. The van der Waals surface area contributed by atoms with E-state index in [1.54, 1.807) is 0 Å². The van der Waals surface area contributed by atoms with Crippen LogP contribution in [0.5, 0.6) is 0 Å². The van der Waals surface area contributed by atoms with E-state index < -0.39 is 0 Å². The molecule has 3 heteroatoms. The van der Waals surface area contributed by atoms with Crippen molar-refractivity contribution < 1.29 is 0 Å². The monoisotopic (exact) mass is 161 g/mol. The minimum Gasteiger partial charge on any atom is -0.385 e. The predicted octanol–water partition coefficient (Wildman–Crippen LogP) is 2.07. The summed E-state index contributed by atoms with van der Waals surface area (Å²) in [6.07, 6.45) is 2.51. The van der Waals surface area contributed by atoms with E-state index in [-0.39, 0.29) is 0 Å². The van der Waals surface area contributed by atoms with Crippen molar-refractivity contribution in [3.05, 3.63) is 29.8 Å². The van der Waals surface area contributed by atoms with E-state index >= 15 is 0 Å². The number of para-hydroxylation sites is 1. The summed E-state index contributed by atoms with van der Waals surface area (Å²) in [5.41, 5.74) is 2.79. The number of hydrogen-bond acceptors (Lipinski definition) is 3. The van der Waals surface area contributed by atoms with Gasteiger partial charge in [-0.1, -0.05) is 18.2 Å². The third-order valence-corrected chi connectivity index (χ3v) is 1.96. The van der Waals surface area contributed by atoms with Crippen LogP contribution in [0.2, 0.25) is 0 Å². The first kappa shape index (κ1) is 8.54. The summed E-state index contributed by atoms with van der Waals surface area (Å²) in [5, 5.41) is 15.4. The lowest BCUT2D eigenvalue weighted by Crippen LogP contribution is -2.10. The Bertz CT molecular complexity index is 242. The number of nitrogens with one attached hydrogen (secondary N) is 1. The zero-order valence-electron chi connectivity index (χ0n) is 6.83. The fourth-order valence-corrected chi connectivity index (χ4v) is 1.41. The quantitative estimate of drug-likeness (QED) is 0.592. The smallest absolute Gasteiger partial charge is 0.0372 e. The van der Waals surface area contributed by atoms with Crippen molar-refractivity contribution in [2.24, 2.45) is 0 Å². The molecule has 1 aromatic carbocycles. The van der Waals surface area contributed by atoms with Crippen LogP contribution >= 0.6 is 0 Å². The highest BCUT2D eigenvalue weighted by Crippen LogP contribution is 2.19. The lowest BCUT2D eigenvalue weighted by molar-refractivity contribution is 0.830. The predicted molar refractivity (Wildman–Crippen MR) is 46.7 cm³/mol. The zero-order chi connectivity index (χ0) is 8.81. The molecular weight excluding hydrogens is 150 g/mol. The van der Waals surface area contributed by atoms with Gasteiger partial charge in [-0.15, -0.1) is 0 Å². The Morgan fingerprint density at radius 2 is 1.92 bits per heavy atom. The van der Waals surface area contributed by atoms with Gasteiger partial charge in [-0.05, 0) is 24.5 Å². The highest BCUT2D eigenvalue weighted by molar-refractivity contribution is 5.52. The zero-order valence-corrected chi connectivity index (χ0v) is 6.83. The molecule has 0 bridgehead atoms. The van der Waals surface area contributed by atoms with E-state index in [4.69, 9.17) is 10.8 Å². The van der Waals surface area contributed by atoms with Crippen molar-refractivity contribution >= 4 is 5.69 Å². The highest BCUT2D eigenvalue weighted by atomic mass is 14.9. The first-order chi connectivity index (χ1) is 5.97. The largest absolute Gasteiger partial charge is 0.385 e. The molecule has 62 valence electrons. The van der Waals surface area contributed by atoms with Crippen LogP contribution in [0.15, 0.2) is 24.3 Å². The van der Waals surface area contributed by atoms with Crippen LogP contribution in [0, 0.1) is 10.8 Å². The average Bonchev–Trinajstić information content (AvgIpc) is 2.21. The number of anilines is 1. The van der Waals surface area contributed by atoms with Crippen LogP contribution in [0.1, 0.15) is 12.0 Å². The fourth-order valence-electron chi connectivity index (χ4n) is 1.41. The molecule has 0 radical (unpaired) electrons. The maximum absolute atomic E-state index is 6.00. The van der Waals surface area contributed by atoms with Crippen LogP contribution < -0.4 is 5.32 Å². The van der Waals surface area contributed by atoms with Gasteiger partial charge < -0.3 is 5.32 Å². The van der Waals surface area contributed by atoms with Gasteiger partial charge in [0.15, 0.2) is 0 Å². The van der Waals surface area contributed by atoms with E-state index in [0.29, 0.717) is 0 Å². The molecule has 1 heterocycles. The molecule has 0 saturated carbocycles. The van der Waals surface area contributed by atoms with Crippen molar-refractivity contribution in [2.45, 2.75) is 12.8 Å². The topological polar surface area (TPSA) is 59.6 Å². The van der Waals surface area contributed by atoms with Crippen LogP contribution in [0.3, 0.4) is 0 Å². The first-order valence-electron chi connectivity index (χ1n) is 3.98. The lowest BCUT2D eigenvalue weighted by Gasteiger charge is -2.16. The number of nitrogens with zero attached hydrogens (tertiary/aromatic N) is 2. The van der Waals surface area contributed by atoms with E-state index in [1.165, 1.54) is 24.1 Å². The van der Waals surface area contributed by atoms with Crippen molar-refractivity contribution in [2.75, 3.05) is 11.9 Å². The second kappa shape index (κ2) is 4.35. The van der Waals surface area contributed by atoms with Crippen LogP contribution in [-0.4, -0.2) is 6.54 Å². The normalized spacial score (nSPS) is 13.2. The molecule has 0 fully saturated rings. The molecule has 1 aliphatic rings. The van der Waals surface area contributed by atoms with Gasteiger partial charge in [-0.3, -0.25) is 0 Å². The Morgan fingerprint density at radius 3 is 2.67 bits per heavy atom. The molecule has 0 aliphatic carbocycles. The number of hydrogen-bond donors (Lipinski definition) is 1. The third kappa shape index (κ3) is 1.73. The Morgan fingerprint density at radius 1 is 1.17 bits per heavy atom. The molecule has 0 atom stereocenters. The van der Waals surface area contributed by atoms with Gasteiger partial charge >= 0.3 is 0 Å². The van der Waals surface area contributed by atoms with Gasteiger partial charge in [0.2, 0.25) is 0 Å². The molecule has 0 amide bonds. The van der Waals surface area contributed by atoms with Gasteiger partial charge in [-0.25, -0.2) is 0 Å². The Balaban J connectivity index is 0.000000336. The maximum Gasteiger partial charge on any atom is 0.0372 e. The molecular formula is C9H11N3. The Labute approximate surface area is 71.8 Å². The summed E-state index contributed by atoms with van der Waals surface area (Å²) in [6, 6.07) is 8.53. The average molecular weight is 161 g/mol. The second-order valence-electron chi connectivity index (χ2n) is 2.69. The SMILES string of the molecule is N#N.c1ccc2c(c1)CCCN2. The summed E-state index contributed by atoms with van der Waals surface area (Å²) in [5.74, 6) is 0. The van der Waals surface area contributed by atoms with Crippen molar-refractivity contribution in [1.82, 2.24) is 0 Å². The Hall–Kier alpha value is -1.56. The minimum atomic E-state index is 1.14. The van der Waals surface area contributed by atoms with Gasteiger partial charge in [0.1, 0.15) is 0 Å². The van der Waals surface area contributed by atoms with Gasteiger partial charge in [0.05, 0.1) is 0 Å². The Kier molecular flexibility index (Phi) is 3.09. The molecule has 0 saturated heterocycles. The molecule has 0 aromatic heterocycles. The molecule has 12 heavy (non-hydrogen) atoms. The molecule has 1 aromatic rings. The van der Waals surface area contributed by atoms with E-state index in [9.17, 15) is 0 Å². The van der Waals surface area contributed by atoms with Crippen molar-refractivity contribution in [1.29, 1.82) is 10.8 Å². The summed E-state index contributed by atoms with van der Waals surface area (Å²) in [4.78, 5) is 0. The summed E-state index contributed by atoms with van der Waals surface area (Å²) < 4.78 is 0. The fraction of sp³-hybridized carbons (Fsp3) is 0.333. The molecule has 2 rings (SSSR count). The molecule has 0 unspecified atom stereocenters. The number of aryl methyl sites for hydroxylation is 1. The van der Waals surface area contributed by atoms with Crippen LogP contribution in [0.4, 0.5) is 5.69 Å². The summed E-state index contributed by atoms with van der Waals surface area (Å²) in [7, 11) is 0. The first-order valence-corrected chi connectivity index (χ1v) is 3.98. The number of benzene rings is 1. The van der Waals surface area contributed by atoms with Crippen molar-refractivity contribution in [3.63, 3.8) is 0 Å². The van der Waals surface area contributed by atoms with Crippen molar-refractivity contribution in [3.8, 4) is 0 Å². The number of rotatable bonds is 0. The van der Waals surface area contributed by atoms with Crippen LogP contribution in [0.25, 0.3) is 0 Å². The van der Waals surface area contributed by atoms with Gasteiger partial charge in [-0.2, -0.15) is 0 Å². The summed E-state index contributed by atoms with van der Waals surface area (Å²) in [6.45, 7) is 1.14. The molecule has 0 spiro atoms.